The lowest BCUT2D eigenvalue weighted by atomic mass is 10.2. The standard InChI is InChI=1S/C18H22N4O4/c1-26-14-4-2-13(3-5-14)10-19-18(25)15-11-22-9-8-21(12-17(23)24)7-6-16(22)20-15/h2-5,11H,6-10,12H2,1H3,(H,19,25)(H,23,24). The Labute approximate surface area is 151 Å². The summed E-state index contributed by atoms with van der Waals surface area (Å²) in [7, 11) is 1.61. The molecule has 0 radical (unpaired) electrons. The maximum Gasteiger partial charge on any atom is 0.317 e. The lowest BCUT2D eigenvalue weighted by molar-refractivity contribution is -0.138. The largest absolute Gasteiger partial charge is 0.497 e. The summed E-state index contributed by atoms with van der Waals surface area (Å²) < 4.78 is 7.05. The van der Waals surface area contributed by atoms with Gasteiger partial charge in [0.2, 0.25) is 0 Å². The van der Waals surface area contributed by atoms with Gasteiger partial charge in [-0.2, -0.15) is 0 Å². The van der Waals surface area contributed by atoms with Crippen molar-refractivity contribution in [2.45, 2.75) is 19.5 Å². The Kier molecular flexibility index (Phi) is 5.52. The number of fused-ring (bicyclic) bond motifs is 1. The van der Waals surface area contributed by atoms with E-state index in [0.717, 1.165) is 17.1 Å². The maximum absolute atomic E-state index is 12.4. The van der Waals surface area contributed by atoms with Gasteiger partial charge >= 0.3 is 5.97 Å². The summed E-state index contributed by atoms with van der Waals surface area (Å²) in [6.07, 6.45) is 2.36. The van der Waals surface area contributed by atoms with Crippen LogP contribution in [0.4, 0.5) is 0 Å². The number of hydrogen-bond donors (Lipinski definition) is 2. The lowest BCUT2D eigenvalue weighted by Gasteiger charge is -2.16. The first-order valence-corrected chi connectivity index (χ1v) is 8.46. The van der Waals surface area contributed by atoms with Crippen LogP contribution in [0.1, 0.15) is 21.9 Å². The summed E-state index contributed by atoms with van der Waals surface area (Å²) in [5.41, 5.74) is 1.37. The number of nitrogens with one attached hydrogen (secondary N) is 1. The number of methoxy groups -OCH3 is 1. The SMILES string of the molecule is COc1ccc(CNC(=O)c2cn3c(n2)CCN(CC(=O)O)CC3)cc1. The van der Waals surface area contributed by atoms with Gasteiger partial charge in [0.1, 0.15) is 17.3 Å². The number of carboxylic acid groups (broad SMARTS) is 1. The van der Waals surface area contributed by atoms with Gasteiger partial charge in [-0.25, -0.2) is 4.98 Å². The van der Waals surface area contributed by atoms with Gasteiger partial charge in [-0.1, -0.05) is 12.1 Å². The number of imidazole rings is 1. The van der Waals surface area contributed by atoms with Crippen LogP contribution in [0.25, 0.3) is 0 Å². The summed E-state index contributed by atoms with van der Waals surface area (Å²) in [6.45, 7) is 2.32. The van der Waals surface area contributed by atoms with E-state index in [1.54, 1.807) is 13.3 Å². The number of amides is 1. The normalized spacial score (nSPS) is 14.3. The highest BCUT2D eigenvalue weighted by atomic mass is 16.5. The number of carboxylic acids is 1. The van der Waals surface area contributed by atoms with Crippen LogP contribution in [0, 0.1) is 0 Å². The monoisotopic (exact) mass is 358 g/mol. The van der Waals surface area contributed by atoms with E-state index in [4.69, 9.17) is 9.84 Å². The highest BCUT2D eigenvalue weighted by molar-refractivity contribution is 5.92. The van der Waals surface area contributed by atoms with Crippen LogP contribution in [0.3, 0.4) is 0 Å². The fraction of sp³-hybridized carbons (Fsp3) is 0.389. The Bertz CT molecular complexity index is 759. The molecule has 0 aliphatic carbocycles. The van der Waals surface area contributed by atoms with Crippen molar-refractivity contribution in [3.63, 3.8) is 0 Å². The Morgan fingerprint density at radius 1 is 1.23 bits per heavy atom. The van der Waals surface area contributed by atoms with E-state index in [0.29, 0.717) is 38.3 Å². The molecule has 2 N–H and O–H groups in total. The third-order valence-electron chi connectivity index (χ3n) is 4.37. The molecule has 26 heavy (non-hydrogen) atoms. The van der Waals surface area contributed by atoms with Crippen LogP contribution in [0.5, 0.6) is 5.75 Å². The van der Waals surface area contributed by atoms with Crippen molar-refractivity contribution in [2.24, 2.45) is 0 Å². The zero-order valence-electron chi connectivity index (χ0n) is 14.6. The quantitative estimate of drug-likeness (QED) is 0.792. The summed E-state index contributed by atoms with van der Waals surface area (Å²) in [4.78, 5) is 29.5. The summed E-state index contributed by atoms with van der Waals surface area (Å²) in [5, 5.41) is 11.8. The average Bonchev–Trinajstić information content (AvgIpc) is 2.96. The van der Waals surface area contributed by atoms with Crippen molar-refractivity contribution >= 4 is 11.9 Å². The Morgan fingerprint density at radius 3 is 2.69 bits per heavy atom. The minimum absolute atomic E-state index is 0.0278. The smallest absolute Gasteiger partial charge is 0.317 e. The third kappa shape index (κ3) is 4.40. The van der Waals surface area contributed by atoms with Crippen LogP contribution < -0.4 is 10.1 Å². The number of hydrogen-bond acceptors (Lipinski definition) is 5. The lowest BCUT2D eigenvalue weighted by Crippen LogP contribution is -2.32. The van der Waals surface area contributed by atoms with Crippen LogP contribution in [0.2, 0.25) is 0 Å². The molecule has 0 spiro atoms. The fourth-order valence-corrected chi connectivity index (χ4v) is 2.94. The molecule has 138 valence electrons. The first-order valence-electron chi connectivity index (χ1n) is 8.46. The van der Waals surface area contributed by atoms with Crippen LogP contribution in [-0.2, 0) is 24.3 Å². The number of nitrogens with zero attached hydrogens (tertiary/aromatic N) is 3. The zero-order chi connectivity index (χ0) is 18.5. The van der Waals surface area contributed by atoms with Gasteiger partial charge in [0.15, 0.2) is 0 Å². The number of rotatable bonds is 6. The summed E-state index contributed by atoms with van der Waals surface area (Å²) in [6, 6.07) is 7.50. The van der Waals surface area contributed by atoms with Crippen molar-refractivity contribution in [1.29, 1.82) is 0 Å². The summed E-state index contributed by atoms with van der Waals surface area (Å²) in [5.74, 6) is 0.536. The second-order valence-corrected chi connectivity index (χ2v) is 6.19. The van der Waals surface area contributed by atoms with Crippen LogP contribution >= 0.6 is 0 Å². The Hall–Kier alpha value is -2.87. The molecule has 0 saturated heterocycles. The molecule has 1 aliphatic heterocycles. The molecule has 3 rings (SSSR count). The molecule has 0 atom stereocenters. The second kappa shape index (κ2) is 8.01. The van der Waals surface area contributed by atoms with Gasteiger partial charge in [-0.15, -0.1) is 0 Å². The molecule has 0 bridgehead atoms. The third-order valence-corrected chi connectivity index (χ3v) is 4.37. The molecule has 0 fully saturated rings. The number of aromatic nitrogens is 2. The van der Waals surface area contributed by atoms with Crippen molar-refractivity contribution in [1.82, 2.24) is 19.8 Å². The number of carbonyl (C=O) groups is 2. The van der Waals surface area contributed by atoms with E-state index < -0.39 is 5.97 Å². The van der Waals surface area contributed by atoms with Gasteiger partial charge in [0, 0.05) is 38.8 Å². The number of ether oxygens (including phenoxy) is 1. The molecule has 1 aromatic heterocycles. The molecular formula is C18H22N4O4. The minimum Gasteiger partial charge on any atom is -0.497 e. The van der Waals surface area contributed by atoms with Crippen molar-refractivity contribution in [3.05, 3.63) is 47.5 Å². The first kappa shape index (κ1) is 17.9. The molecular weight excluding hydrogens is 336 g/mol. The minimum atomic E-state index is -0.830. The predicted octanol–water partition coefficient (Wildman–Crippen LogP) is 0.764. The maximum atomic E-state index is 12.4. The topological polar surface area (TPSA) is 96.7 Å². The molecule has 1 aromatic carbocycles. The number of benzene rings is 1. The van der Waals surface area contributed by atoms with Gasteiger partial charge in [-0.05, 0) is 17.7 Å². The van der Waals surface area contributed by atoms with E-state index in [1.165, 1.54) is 0 Å². The van der Waals surface area contributed by atoms with Gasteiger partial charge < -0.3 is 19.7 Å². The van der Waals surface area contributed by atoms with Crippen molar-refractivity contribution in [2.75, 3.05) is 26.7 Å². The molecule has 1 aliphatic rings. The van der Waals surface area contributed by atoms with Crippen LogP contribution in [-0.4, -0.2) is 58.2 Å². The van der Waals surface area contributed by atoms with Crippen molar-refractivity contribution in [3.8, 4) is 5.75 Å². The number of aliphatic carboxylic acids is 1. The van der Waals surface area contributed by atoms with Gasteiger partial charge in [-0.3, -0.25) is 14.5 Å². The molecule has 2 aromatic rings. The predicted molar refractivity (Wildman–Crippen MR) is 94.2 cm³/mol. The molecule has 1 amide bonds. The van der Waals surface area contributed by atoms with Crippen LogP contribution in [0.15, 0.2) is 30.5 Å². The van der Waals surface area contributed by atoms with E-state index in [-0.39, 0.29) is 12.5 Å². The molecule has 2 heterocycles. The van der Waals surface area contributed by atoms with Crippen molar-refractivity contribution < 1.29 is 19.4 Å². The highest BCUT2D eigenvalue weighted by Gasteiger charge is 2.19. The first-order chi connectivity index (χ1) is 12.5. The highest BCUT2D eigenvalue weighted by Crippen LogP contribution is 2.12. The molecule has 0 saturated carbocycles. The average molecular weight is 358 g/mol. The second-order valence-electron chi connectivity index (χ2n) is 6.19. The van der Waals surface area contributed by atoms with Gasteiger partial charge in [0.25, 0.3) is 5.91 Å². The Balaban J connectivity index is 1.57. The Morgan fingerprint density at radius 2 is 2.00 bits per heavy atom. The summed E-state index contributed by atoms with van der Waals surface area (Å²) >= 11 is 0. The van der Waals surface area contributed by atoms with E-state index >= 15 is 0 Å². The zero-order valence-corrected chi connectivity index (χ0v) is 14.6. The molecule has 8 heteroatoms. The fourth-order valence-electron chi connectivity index (χ4n) is 2.94. The van der Waals surface area contributed by atoms with E-state index in [9.17, 15) is 9.59 Å². The van der Waals surface area contributed by atoms with E-state index in [2.05, 4.69) is 10.3 Å². The molecule has 8 nitrogen and oxygen atoms in total. The van der Waals surface area contributed by atoms with Gasteiger partial charge in [0.05, 0.1) is 13.7 Å². The number of carbonyl (C=O) groups excluding carboxylic acids is 1. The van der Waals surface area contributed by atoms with E-state index in [1.807, 2.05) is 33.7 Å². The molecule has 0 unspecified atom stereocenters.